The number of rotatable bonds is 3. The van der Waals surface area contributed by atoms with E-state index in [9.17, 15) is 9.18 Å². The van der Waals surface area contributed by atoms with Crippen LogP contribution in [0, 0.1) is 12.7 Å². The first-order valence-electron chi connectivity index (χ1n) is 6.43. The fraction of sp³-hybridized carbons (Fsp3) is 0.500. The highest BCUT2D eigenvalue weighted by molar-refractivity contribution is 5.93. The number of anilines is 1. The molecule has 0 saturated carbocycles. The van der Waals surface area contributed by atoms with Gasteiger partial charge < -0.3 is 15.0 Å². The van der Waals surface area contributed by atoms with Crippen LogP contribution in [0.3, 0.4) is 0 Å². The molecule has 0 aromatic heterocycles. The number of carbonyl (C=O) groups is 1. The minimum Gasteiger partial charge on any atom is -0.375 e. The lowest BCUT2D eigenvalue weighted by atomic mass is 10.1. The zero-order valence-electron chi connectivity index (χ0n) is 11.3. The summed E-state index contributed by atoms with van der Waals surface area (Å²) in [5.74, 6) is -0.288. The van der Waals surface area contributed by atoms with Gasteiger partial charge in [0.2, 0.25) is 5.91 Å². The first-order chi connectivity index (χ1) is 9.08. The number of nitrogens with one attached hydrogen (secondary N) is 1. The molecule has 1 aliphatic heterocycles. The number of nitrogens with zero attached hydrogens (tertiary/aromatic N) is 1. The van der Waals surface area contributed by atoms with Gasteiger partial charge in [0.15, 0.2) is 0 Å². The van der Waals surface area contributed by atoms with Crippen LogP contribution in [0.15, 0.2) is 18.2 Å². The van der Waals surface area contributed by atoms with E-state index in [4.69, 9.17) is 4.74 Å². The normalized spacial score (nSPS) is 19.2. The molecule has 1 atom stereocenters. The van der Waals surface area contributed by atoms with Crippen LogP contribution in [0.5, 0.6) is 0 Å². The Morgan fingerprint density at radius 2 is 2.37 bits per heavy atom. The lowest BCUT2D eigenvalue weighted by Crippen LogP contribution is -2.41. The van der Waals surface area contributed by atoms with E-state index in [0.717, 1.165) is 6.54 Å². The second-order valence-corrected chi connectivity index (χ2v) is 4.79. The van der Waals surface area contributed by atoms with E-state index in [1.165, 1.54) is 6.07 Å². The fourth-order valence-electron chi connectivity index (χ4n) is 2.06. The highest BCUT2D eigenvalue weighted by Gasteiger charge is 2.20. The standard InChI is InChI=1S/C14H19FN2O2/c1-10-7-11(3-4-13(10)15)17(2)14(18)8-12-9-16-5-6-19-12/h3-4,7,12,16H,5-6,8-9H2,1-2H3. The van der Waals surface area contributed by atoms with Crippen molar-refractivity contribution in [3.05, 3.63) is 29.6 Å². The van der Waals surface area contributed by atoms with Gasteiger partial charge in [0.25, 0.3) is 0 Å². The molecule has 1 aliphatic rings. The molecule has 1 heterocycles. The largest absolute Gasteiger partial charge is 0.375 e. The molecule has 1 aromatic carbocycles. The van der Waals surface area contributed by atoms with Crippen molar-refractivity contribution < 1.29 is 13.9 Å². The van der Waals surface area contributed by atoms with Gasteiger partial charge in [-0.2, -0.15) is 0 Å². The summed E-state index contributed by atoms with van der Waals surface area (Å²) in [6.45, 7) is 3.85. The zero-order chi connectivity index (χ0) is 13.8. The van der Waals surface area contributed by atoms with E-state index in [1.54, 1.807) is 31.0 Å². The third-order valence-electron chi connectivity index (χ3n) is 3.31. The Morgan fingerprint density at radius 3 is 3.00 bits per heavy atom. The second-order valence-electron chi connectivity index (χ2n) is 4.79. The molecule has 1 unspecified atom stereocenters. The van der Waals surface area contributed by atoms with E-state index in [-0.39, 0.29) is 17.8 Å². The van der Waals surface area contributed by atoms with Gasteiger partial charge >= 0.3 is 0 Å². The molecule has 1 amide bonds. The van der Waals surface area contributed by atoms with E-state index >= 15 is 0 Å². The van der Waals surface area contributed by atoms with Gasteiger partial charge in [-0.15, -0.1) is 0 Å². The van der Waals surface area contributed by atoms with Crippen LogP contribution in [-0.4, -0.2) is 38.8 Å². The number of aryl methyl sites for hydroxylation is 1. The van der Waals surface area contributed by atoms with Crippen molar-refractivity contribution in [3.8, 4) is 0 Å². The molecule has 104 valence electrons. The van der Waals surface area contributed by atoms with Crippen molar-refractivity contribution in [1.82, 2.24) is 5.32 Å². The average molecular weight is 266 g/mol. The van der Waals surface area contributed by atoms with Crippen LogP contribution in [-0.2, 0) is 9.53 Å². The Kier molecular flexibility index (Phi) is 4.50. The van der Waals surface area contributed by atoms with Crippen molar-refractivity contribution in [2.45, 2.75) is 19.4 Å². The van der Waals surface area contributed by atoms with Gasteiger partial charge in [-0.1, -0.05) is 0 Å². The highest BCUT2D eigenvalue weighted by atomic mass is 19.1. The summed E-state index contributed by atoms with van der Waals surface area (Å²) < 4.78 is 18.7. The van der Waals surface area contributed by atoms with Crippen molar-refractivity contribution >= 4 is 11.6 Å². The third kappa shape index (κ3) is 3.52. The molecular formula is C14H19FN2O2. The van der Waals surface area contributed by atoms with Gasteiger partial charge in [-0.25, -0.2) is 4.39 Å². The van der Waals surface area contributed by atoms with Gasteiger partial charge in [0.1, 0.15) is 5.82 Å². The van der Waals surface area contributed by atoms with Gasteiger partial charge in [-0.3, -0.25) is 4.79 Å². The number of amides is 1. The Morgan fingerprint density at radius 1 is 1.58 bits per heavy atom. The van der Waals surface area contributed by atoms with Gasteiger partial charge in [0.05, 0.1) is 19.1 Å². The van der Waals surface area contributed by atoms with E-state index in [0.29, 0.717) is 30.8 Å². The first kappa shape index (κ1) is 14.0. The number of hydrogen-bond donors (Lipinski definition) is 1. The molecule has 1 aromatic rings. The van der Waals surface area contributed by atoms with Crippen molar-refractivity contribution in [1.29, 1.82) is 0 Å². The fourth-order valence-corrected chi connectivity index (χ4v) is 2.06. The van der Waals surface area contributed by atoms with E-state index < -0.39 is 0 Å². The molecule has 1 N–H and O–H groups in total. The predicted octanol–water partition coefficient (Wildman–Crippen LogP) is 1.48. The lowest BCUT2D eigenvalue weighted by Gasteiger charge is -2.25. The minimum atomic E-state index is -0.260. The number of hydrogen-bond acceptors (Lipinski definition) is 3. The van der Waals surface area contributed by atoms with Crippen LogP contribution in [0.25, 0.3) is 0 Å². The molecular weight excluding hydrogens is 247 g/mol. The minimum absolute atomic E-state index is 0.0280. The van der Waals surface area contributed by atoms with Gasteiger partial charge in [-0.05, 0) is 30.7 Å². The van der Waals surface area contributed by atoms with E-state index in [1.807, 2.05) is 0 Å². The van der Waals surface area contributed by atoms with Crippen LogP contribution in [0.2, 0.25) is 0 Å². The molecule has 2 rings (SSSR count). The summed E-state index contributed by atoms with van der Waals surface area (Å²) in [6.07, 6.45) is 0.255. The van der Waals surface area contributed by atoms with Crippen LogP contribution >= 0.6 is 0 Å². The summed E-state index contributed by atoms with van der Waals surface area (Å²) in [5, 5.41) is 3.19. The van der Waals surface area contributed by atoms with E-state index in [2.05, 4.69) is 5.32 Å². The number of benzene rings is 1. The Balaban J connectivity index is 1.99. The monoisotopic (exact) mass is 266 g/mol. The molecule has 5 heteroatoms. The summed E-state index contributed by atoms with van der Waals surface area (Å²) in [5.41, 5.74) is 1.24. The first-order valence-corrected chi connectivity index (χ1v) is 6.43. The smallest absolute Gasteiger partial charge is 0.229 e. The predicted molar refractivity (Wildman–Crippen MR) is 71.8 cm³/mol. The summed E-state index contributed by atoms with van der Waals surface area (Å²) in [6, 6.07) is 4.67. The molecule has 0 radical (unpaired) electrons. The third-order valence-corrected chi connectivity index (χ3v) is 3.31. The molecule has 1 fully saturated rings. The molecule has 4 nitrogen and oxygen atoms in total. The SMILES string of the molecule is Cc1cc(N(C)C(=O)CC2CNCCO2)ccc1F. The number of halogens is 1. The quantitative estimate of drug-likeness (QED) is 0.901. The Labute approximate surface area is 112 Å². The van der Waals surface area contributed by atoms with Crippen molar-refractivity contribution in [3.63, 3.8) is 0 Å². The molecule has 0 bridgehead atoms. The number of carbonyl (C=O) groups excluding carboxylic acids is 1. The summed E-state index contributed by atoms with van der Waals surface area (Å²) >= 11 is 0. The molecule has 0 spiro atoms. The maximum absolute atomic E-state index is 13.2. The summed E-state index contributed by atoms with van der Waals surface area (Å²) in [4.78, 5) is 13.7. The lowest BCUT2D eigenvalue weighted by molar-refractivity contribution is -0.121. The van der Waals surface area contributed by atoms with Crippen LogP contribution in [0.1, 0.15) is 12.0 Å². The topological polar surface area (TPSA) is 41.6 Å². The zero-order valence-corrected chi connectivity index (χ0v) is 11.3. The average Bonchev–Trinajstić information content (AvgIpc) is 2.42. The van der Waals surface area contributed by atoms with Crippen LogP contribution in [0.4, 0.5) is 10.1 Å². The van der Waals surface area contributed by atoms with Crippen molar-refractivity contribution in [2.24, 2.45) is 0 Å². The summed E-state index contributed by atoms with van der Waals surface area (Å²) in [7, 11) is 1.70. The molecule has 19 heavy (non-hydrogen) atoms. The van der Waals surface area contributed by atoms with Crippen molar-refractivity contribution in [2.75, 3.05) is 31.6 Å². The van der Waals surface area contributed by atoms with Crippen LogP contribution < -0.4 is 10.2 Å². The number of morpholine rings is 1. The Bertz CT molecular complexity index is 459. The second kappa shape index (κ2) is 6.12. The molecule has 1 saturated heterocycles. The molecule has 0 aliphatic carbocycles. The van der Waals surface area contributed by atoms with Gasteiger partial charge in [0, 0.05) is 25.8 Å². The number of ether oxygens (including phenoxy) is 1. The maximum Gasteiger partial charge on any atom is 0.229 e. The Hall–Kier alpha value is -1.46. The highest BCUT2D eigenvalue weighted by Crippen LogP contribution is 2.18. The maximum atomic E-state index is 13.2.